The maximum Gasteiger partial charge on any atom is 0.251 e. The molecule has 0 bridgehead atoms. The van der Waals surface area contributed by atoms with Crippen LogP contribution in [0.2, 0.25) is 5.02 Å². The van der Waals surface area contributed by atoms with E-state index >= 15 is 0 Å². The van der Waals surface area contributed by atoms with Crippen molar-refractivity contribution in [2.45, 2.75) is 38.8 Å². The molecule has 1 fully saturated rings. The van der Waals surface area contributed by atoms with Crippen molar-refractivity contribution in [3.05, 3.63) is 59.1 Å². The van der Waals surface area contributed by atoms with E-state index in [4.69, 9.17) is 16.3 Å². The molecular weight excluding hydrogens is 414 g/mol. The Morgan fingerprint density at radius 2 is 1.65 bits per heavy atom. The van der Waals surface area contributed by atoms with Gasteiger partial charge in [-0.1, -0.05) is 25.4 Å². The van der Waals surface area contributed by atoms with E-state index in [9.17, 15) is 9.59 Å². The number of nitrogens with one attached hydrogen (secondary N) is 2. The number of carbonyl (C=O) groups is 2. The minimum absolute atomic E-state index is 0.0318. The van der Waals surface area contributed by atoms with E-state index in [1.807, 2.05) is 26.0 Å². The largest absolute Gasteiger partial charge is 0.497 e. The highest BCUT2D eigenvalue weighted by Crippen LogP contribution is 2.23. The van der Waals surface area contributed by atoms with Gasteiger partial charge in [-0.3, -0.25) is 9.59 Å². The van der Waals surface area contributed by atoms with Crippen molar-refractivity contribution in [1.82, 2.24) is 10.6 Å². The van der Waals surface area contributed by atoms with E-state index in [2.05, 4.69) is 27.7 Å². The number of hydrogen-bond donors (Lipinski definition) is 2. The van der Waals surface area contributed by atoms with Crippen LogP contribution in [-0.4, -0.2) is 44.1 Å². The Morgan fingerprint density at radius 3 is 2.19 bits per heavy atom. The lowest BCUT2D eigenvalue weighted by molar-refractivity contribution is -0.124. The molecule has 2 aromatic rings. The van der Waals surface area contributed by atoms with Crippen LogP contribution in [0.3, 0.4) is 0 Å². The molecular formula is C24H30ClN3O3. The molecule has 1 atom stereocenters. The molecule has 2 N–H and O–H groups in total. The van der Waals surface area contributed by atoms with E-state index in [1.165, 1.54) is 0 Å². The van der Waals surface area contributed by atoms with Gasteiger partial charge in [0.05, 0.1) is 7.11 Å². The van der Waals surface area contributed by atoms with Crippen molar-refractivity contribution in [1.29, 1.82) is 0 Å². The summed E-state index contributed by atoms with van der Waals surface area (Å²) in [6.07, 6.45) is 1.71. The van der Waals surface area contributed by atoms with Crippen LogP contribution >= 0.6 is 11.6 Å². The van der Waals surface area contributed by atoms with Crippen molar-refractivity contribution >= 4 is 29.1 Å². The number of amides is 2. The fourth-order valence-electron chi connectivity index (χ4n) is 3.73. The van der Waals surface area contributed by atoms with Gasteiger partial charge in [0.1, 0.15) is 11.8 Å². The molecule has 1 saturated heterocycles. The Balaban J connectivity index is 1.53. The summed E-state index contributed by atoms with van der Waals surface area (Å²) < 4.78 is 5.22. The number of ether oxygens (including phenoxy) is 1. The van der Waals surface area contributed by atoms with Crippen LogP contribution in [-0.2, 0) is 4.79 Å². The smallest absolute Gasteiger partial charge is 0.251 e. The number of methoxy groups -OCH3 is 1. The molecule has 1 heterocycles. The zero-order valence-corrected chi connectivity index (χ0v) is 19.0. The van der Waals surface area contributed by atoms with Crippen LogP contribution in [0.15, 0.2) is 48.5 Å². The zero-order valence-electron chi connectivity index (χ0n) is 18.2. The average molecular weight is 444 g/mol. The molecule has 2 aromatic carbocycles. The number of nitrogens with zero attached hydrogens (tertiary/aromatic N) is 1. The van der Waals surface area contributed by atoms with E-state index in [1.54, 1.807) is 31.4 Å². The summed E-state index contributed by atoms with van der Waals surface area (Å²) in [6, 6.07) is 14.2. The number of hydrogen-bond acceptors (Lipinski definition) is 4. The maximum absolute atomic E-state index is 12.9. The SMILES string of the molecule is COc1ccc(N2CCC(NC(=O)C(NC(=O)c3ccc(Cl)cc3)C(C)C)CC2)cc1. The van der Waals surface area contributed by atoms with Gasteiger partial charge >= 0.3 is 0 Å². The summed E-state index contributed by atoms with van der Waals surface area (Å²) in [7, 11) is 1.66. The summed E-state index contributed by atoms with van der Waals surface area (Å²) >= 11 is 5.89. The fraction of sp³-hybridized carbons (Fsp3) is 0.417. The fourth-order valence-corrected chi connectivity index (χ4v) is 3.85. The normalized spacial score (nSPS) is 15.5. The molecule has 2 amide bonds. The van der Waals surface area contributed by atoms with Gasteiger partial charge < -0.3 is 20.3 Å². The maximum atomic E-state index is 12.9. The molecule has 1 aliphatic heterocycles. The van der Waals surface area contributed by atoms with Gasteiger partial charge in [-0.05, 0) is 67.3 Å². The zero-order chi connectivity index (χ0) is 22.4. The molecule has 0 aromatic heterocycles. The Morgan fingerprint density at radius 1 is 1.03 bits per heavy atom. The second-order valence-corrected chi connectivity index (χ2v) is 8.61. The number of benzene rings is 2. The summed E-state index contributed by atoms with van der Waals surface area (Å²) in [4.78, 5) is 27.8. The van der Waals surface area contributed by atoms with Gasteiger partial charge in [-0.15, -0.1) is 0 Å². The summed E-state index contributed by atoms with van der Waals surface area (Å²) in [5.41, 5.74) is 1.64. The standard InChI is InChI=1S/C24H30ClN3O3/c1-16(2)22(27-23(29)17-4-6-18(25)7-5-17)24(30)26-19-12-14-28(15-13-19)20-8-10-21(31-3)11-9-20/h4-11,16,19,22H,12-15H2,1-3H3,(H,26,30)(H,27,29). The van der Waals surface area contributed by atoms with E-state index in [-0.39, 0.29) is 23.8 Å². The molecule has 1 unspecified atom stereocenters. The van der Waals surface area contributed by atoms with Gasteiger partial charge in [0.2, 0.25) is 5.91 Å². The van der Waals surface area contributed by atoms with E-state index in [0.717, 1.165) is 37.4 Å². The second kappa shape index (κ2) is 10.5. The first-order valence-corrected chi connectivity index (χ1v) is 11.0. The lowest BCUT2D eigenvalue weighted by Crippen LogP contribution is -2.54. The summed E-state index contributed by atoms with van der Waals surface area (Å²) in [6.45, 7) is 5.58. The van der Waals surface area contributed by atoms with Crippen molar-refractivity contribution in [2.75, 3.05) is 25.1 Å². The van der Waals surface area contributed by atoms with Crippen LogP contribution in [0.1, 0.15) is 37.0 Å². The molecule has 7 heteroatoms. The van der Waals surface area contributed by atoms with Gasteiger partial charge in [0.15, 0.2) is 0 Å². The monoisotopic (exact) mass is 443 g/mol. The highest BCUT2D eigenvalue weighted by molar-refractivity contribution is 6.30. The van der Waals surface area contributed by atoms with E-state index in [0.29, 0.717) is 10.6 Å². The Hall–Kier alpha value is -2.73. The van der Waals surface area contributed by atoms with Crippen LogP contribution in [0, 0.1) is 5.92 Å². The predicted molar refractivity (Wildman–Crippen MR) is 124 cm³/mol. The van der Waals surface area contributed by atoms with Crippen LogP contribution in [0.5, 0.6) is 5.75 Å². The minimum Gasteiger partial charge on any atom is -0.497 e. The molecule has 0 spiro atoms. The molecule has 3 rings (SSSR count). The molecule has 1 aliphatic rings. The Labute approximate surface area is 188 Å². The third-order valence-corrected chi connectivity index (χ3v) is 5.87. The molecule has 166 valence electrons. The number of rotatable bonds is 7. The van der Waals surface area contributed by atoms with Gasteiger partial charge in [0, 0.05) is 35.4 Å². The van der Waals surface area contributed by atoms with E-state index < -0.39 is 6.04 Å². The number of carbonyl (C=O) groups excluding carboxylic acids is 2. The third-order valence-electron chi connectivity index (χ3n) is 5.62. The first kappa shape index (κ1) is 22.9. The number of halogens is 1. The van der Waals surface area contributed by atoms with Crippen molar-refractivity contribution < 1.29 is 14.3 Å². The quantitative estimate of drug-likeness (QED) is 0.681. The van der Waals surface area contributed by atoms with Crippen molar-refractivity contribution in [3.63, 3.8) is 0 Å². The Bertz CT molecular complexity index is 876. The van der Waals surface area contributed by atoms with Crippen molar-refractivity contribution in [3.8, 4) is 5.75 Å². The lowest BCUT2D eigenvalue weighted by atomic mass is 10.00. The highest BCUT2D eigenvalue weighted by Gasteiger charge is 2.28. The summed E-state index contributed by atoms with van der Waals surface area (Å²) in [5.74, 6) is 0.391. The Kier molecular flexibility index (Phi) is 7.80. The third kappa shape index (κ3) is 6.14. The first-order valence-electron chi connectivity index (χ1n) is 10.6. The molecule has 6 nitrogen and oxygen atoms in total. The topological polar surface area (TPSA) is 70.7 Å². The second-order valence-electron chi connectivity index (χ2n) is 8.17. The van der Waals surface area contributed by atoms with Gasteiger partial charge in [0.25, 0.3) is 5.91 Å². The molecule has 31 heavy (non-hydrogen) atoms. The molecule has 0 aliphatic carbocycles. The van der Waals surface area contributed by atoms with Crippen LogP contribution < -0.4 is 20.3 Å². The minimum atomic E-state index is -0.595. The summed E-state index contributed by atoms with van der Waals surface area (Å²) in [5, 5.41) is 6.57. The van der Waals surface area contributed by atoms with Gasteiger partial charge in [-0.2, -0.15) is 0 Å². The molecule has 0 saturated carbocycles. The predicted octanol–water partition coefficient (Wildman–Crippen LogP) is 3.89. The lowest BCUT2D eigenvalue weighted by Gasteiger charge is -2.35. The van der Waals surface area contributed by atoms with Crippen molar-refractivity contribution in [2.24, 2.45) is 5.92 Å². The number of anilines is 1. The average Bonchev–Trinajstić information content (AvgIpc) is 2.78. The van der Waals surface area contributed by atoms with Crippen LogP contribution in [0.4, 0.5) is 5.69 Å². The van der Waals surface area contributed by atoms with Gasteiger partial charge in [-0.25, -0.2) is 0 Å². The molecule has 0 radical (unpaired) electrons. The first-order chi connectivity index (χ1) is 14.9. The van der Waals surface area contributed by atoms with Crippen LogP contribution in [0.25, 0.3) is 0 Å². The highest BCUT2D eigenvalue weighted by atomic mass is 35.5. The number of piperidine rings is 1.